The molecule has 1 heterocycles. The number of thioether (sulfide) groups is 1. The molecule has 0 radical (unpaired) electrons. The van der Waals surface area contributed by atoms with Crippen molar-refractivity contribution in [2.45, 2.75) is 18.2 Å². The first kappa shape index (κ1) is 14.2. The summed E-state index contributed by atoms with van der Waals surface area (Å²) in [5, 5.41) is 9.50. The van der Waals surface area contributed by atoms with Gasteiger partial charge in [-0.2, -0.15) is 0 Å². The van der Waals surface area contributed by atoms with Crippen LogP contribution in [0.2, 0.25) is 0 Å². The van der Waals surface area contributed by atoms with Gasteiger partial charge in [-0.15, -0.1) is 11.8 Å². The first-order valence-electron chi connectivity index (χ1n) is 6.56. The van der Waals surface area contributed by atoms with Gasteiger partial charge in [0.25, 0.3) is 0 Å². The van der Waals surface area contributed by atoms with Crippen molar-refractivity contribution in [3.05, 3.63) is 23.8 Å². The van der Waals surface area contributed by atoms with Gasteiger partial charge in [0, 0.05) is 24.6 Å². The normalized spacial score (nSPS) is 16.2. The summed E-state index contributed by atoms with van der Waals surface area (Å²) in [6, 6.07) is 5.72. The number of aromatic carboxylic acids is 1. The number of carbonyl (C=O) groups is 1. The molecular formula is C14H19NO3S. The summed E-state index contributed by atoms with van der Waals surface area (Å²) >= 11 is 1.57. The molecule has 1 aliphatic rings. The topological polar surface area (TPSA) is 49.8 Å². The Labute approximate surface area is 117 Å². The summed E-state index contributed by atoms with van der Waals surface area (Å²) in [5.41, 5.74) is 1.24. The fraction of sp³-hybridized carbons (Fsp3) is 0.500. The van der Waals surface area contributed by atoms with Crippen LogP contribution in [0.5, 0.6) is 0 Å². The average Bonchev–Trinajstić information content (AvgIpc) is 2.67. The summed E-state index contributed by atoms with van der Waals surface area (Å²) in [6.45, 7) is 5.04. The lowest BCUT2D eigenvalue weighted by Crippen LogP contribution is -2.27. The minimum Gasteiger partial charge on any atom is -0.478 e. The number of rotatable bonds is 4. The van der Waals surface area contributed by atoms with Gasteiger partial charge in [-0.3, -0.25) is 0 Å². The van der Waals surface area contributed by atoms with Crippen LogP contribution < -0.4 is 4.90 Å². The SMILES string of the molecule is CCSc1cccc(N2CCCOCC2)c1C(=O)O. The largest absolute Gasteiger partial charge is 0.478 e. The van der Waals surface area contributed by atoms with Crippen LogP contribution in [0.15, 0.2) is 23.1 Å². The standard InChI is InChI=1S/C14H19NO3S/c1-2-19-12-6-3-5-11(13(12)14(16)17)15-7-4-9-18-10-8-15/h3,5-6H,2,4,7-10H2,1H3,(H,16,17). The second-order valence-corrected chi connectivity index (χ2v) is 5.65. The zero-order valence-corrected chi connectivity index (χ0v) is 11.9. The van der Waals surface area contributed by atoms with Crippen LogP contribution in [0.1, 0.15) is 23.7 Å². The van der Waals surface area contributed by atoms with Gasteiger partial charge in [0.2, 0.25) is 0 Å². The third-order valence-electron chi connectivity index (χ3n) is 3.08. The Morgan fingerprint density at radius 3 is 3.00 bits per heavy atom. The van der Waals surface area contributed by atoms with E-state index in [1.54, 1.807) is 11.8 Å². The summed E-state index contributed by atoms with van der Waals surface area (Å²) in [5.74, 6) is 0.0176. The molecule has 0 unspecified atom stereocenters. The van der Waals surface area contributed by atoms with Crippen molar-refractivity contribution in [3.63, 3.8) is 0 Å². The average molecular weight is 281 g/mol. The minimum absolute atomic E-state index is 0.427. The predicted octanol–water partition coefficient (Wildman–Crippen LogP) is 2.72. The van der Waals surface area contributed by atoms with E-state index in [1.165, 1.54) is 0 Å². The number of hydrogen-bond donors (Lipinski definition) is 1. The van der Waals surface area contributed by atoms with Crippen molar-refractivity contribution in [2.75, 3.05) is 37.0 Å². The molecule has 104 valence electrons. The van der Waals surface area contributed by atoms with E-state index in [1.807, 2.05) is 25.1 Å². The van der Waals surface area contributed by atoms with Crippen LogP contribution in [0, 0.1) is 0 Å². The van der Waals surface area contributed by atoms with E-state index >= 15 is 0 Å². The fourth-order valence-corrected chi connectivity index (χ4v) is 3.08. The van der Waals surface area contributed by atoms with E-state index in [2.05, 4.69) is 4.90 Å². The molecule has 1 saturated heterocycles. The zero-order chi connectivity index (χ0) is 13.7. The highest BCUT2D eigenvalue weighted by atomic mass is 32.2. The molecule has 0 spiro atoms. The lowest BCUT2D eigenvalue weighted by atomic mass is 10.1. The van der Waals surface area contributed by atoms with Gasteiger partial charge in [-0.05, 0) is 24.3 Å². The van der Waals surface area contributed by atoms with Crippen molar-refractivity contribution in [1.29, 1.82) is 0 Å². The Bertz CT molecular complexity index is 442. The molecule has 0 aromatic heterocycles. The van der Waals surface area contributed by atoms with Crippen LogP contribution >= 0.6 is 11.8 Å². The second kappa shape index (κ2) is 6.82. The quantitative estimate of drug-likeness (QED) is 0.860. The van der Waals surface area contributed by atoms with Crippen molar-refractivity contribution in [1.82, 2.24) is 0 Å². The summed E-state index contributed by atoms with van der Waals surface area (Å²) < 4.78 is 5.43. The zero-order valence-electron chi connectivity index (χ0n) is 11.1. The number of hydrogen-bond acceptors (Lipinski definition) is 4. The summed E-state index contributed by atoms with van der Waals surface area (Å²) in [4.78, 5) is 14.5. The van der Waals surface area contributed by atoms with E-state index in [0.717, 1.165) is 42.5 Å². The van der Waals surface area contributed by atoms with Crippen LogP contribution in [0.4, 0.5) is 5.69 Å². The van der Waals surface area contributed by atoms with Gasteiger partial charge in [0.15, 0.2) is 0 Å². The molecule has 0 aliphatic carbocycles. The van der Waals surface area contributed by atoms with Gasteiger partial charge < -0.3 is 14.7 Å². The Hall–Kier alpha value is -1.20. The molecule has 19 heavy (non-hydrogen) atoms. The maximum Gasteiger partial charge on any atom is 0.338 e. The minimum atomic E-state index is -0.850. The summed E-state index contributed by atoms with van der Waals surface area (Å²) in [7, 11) is 0. The van der Waals surface area contributed by atoms with Crippen molar-refractivity contribution in [3.8, 4) is 0 Å². The highest BCUT2D eigenvalue weighted by molar-refractivity contribution is 7.99. The fourth-order valence-electron chi connectivity index (χ4n) is 2.26. The van der Waals surface area contributed by atoms with Crippen molar-refractivity contribution >= 4 is 23.4 Å². The molecule has 1 fully saturated rings. The monoisotopic (exact) mass is 281 g/mol. The van der Waals surface area contributed by atoms with Crippen LogP contribution in [0.3, 0.4) is 0 Å². The first-order chi connectivity index (χ1) is 9.24. The molecule has 0 bridgehead atoms. The van der Waals surface area contributed by atoms with E-state index in [9.17, 15) is 9.90 Å². The third kappa shape index (κ3) is 3.42. The van der Waals surface area contributed by atoms with Crippen LogP contribution in [0.25, 0.3) is 0 Å². The van der Waals surface area contributed by atoms with E-state index in [0.29, 0.717) is 12.2 Å². The number of ether oxygens (including phenoxy) is 1. The number of anilines is 1. The maximum absolute atomic E-state index is 11.6. The predicted molar refractivity (Wildman–Crippen MR) is 77.4 cm³/mol. The van der Waals surface area contributed by atoms with Gasteiger partial charge in [0.1, 0.15) is 0 Å². The molecular weight excluding hydrogens is 262 g/mol. The molecule has 1 aromatic rings. The molecule has 4 nitrogen and oxygen atoms in total. The Balaban J connectivity index is 2.37. The highest BCUT2D eigenvalue weighted by Crippen LogP contribution is 2.31. The van der Waals surface area contributed by atoms with Gasteiger partial charge in [-0.1, -0.05) is 13.0 Å². The van der Waals surface area contributed by atoms with Crippen molar-refractivity contribution < 1.29 is 14.6 Å². The summed E-state index contributed by atoms with van der Waals surface area (Å²) in [6.07, 6.45) is 0.935. The van der Waals surface area contributed by atoms with Crippen LogP contribution in [-0.2, 0) is 4.74 Å². The number of carboxylic acid groups (broad SMARTS) is 1. The molecule has 0 atom stereocenters. The number of benzene rings is 1. The Morgan fingerprint density at radius 1 is 1.42 bits per heavy atom. The van der Waals surface area contributed by atoms with Crippen LogP contribution in [-0.4, -0.2) is 43.1 Å². The third-order valence-corrected chi connectivity index (χ3v) is 4.02. The second-order valence-electron chi connectivity index (χ2n) is 4.34. The number of carboxylic acids is 1. The maximum atomic E-state index is 11.6. The molecule has 2 rings (SSSR count). The van der Waals surface area contributed by atoms with Crippen molar-refractivity contribution in [2.24, 2.45) is 0 Å². The first-order valence-corrected chi connectivity index (χ1v) is 7.54. The highest BCUT2D eigenvalue weighted by Gasteiger charge is 2.20. The molecule has 0 saturated carbocycles. The molecule has 1 aliphatic heterocycles. The van der Waals surface area contributed by atoms with E-state index in [4.69, 9.17) is 4.74 Å². The lowest BCUT2D eigenvalue weighted by molar-refractivity contribution is 0.0693. The number of nitrogens with zero attached hydrogens (tertiary/aromatic N) is 1. The molecule has 0 amide bonds. The van der Waals surface area contributed by atoms with E-state index < -0.39 is 5.97 Å². The van der Waals surface area contributed by atoms with Gasteiger partial charge in [-0.25, -0.2) is 4.79 Å². The van der Waals surface area contributed by atoms with Gasteiger partial charge >= 0.3 is 5.97 Å². The Morgan fingerprint density at radius 2 is 2.26 bits per heavy atom. The smallest absolute Gasteiger partial charge is 0.338 e. The van der Waals surface area contributed by atoms with Gasteiger partial charge in [0.05, 0.1) is 17.9 Å². The van der Waals surface area contributed by atoms with E-state index in [-0.39, 0.29) is 0 Å². The molecule has 5 heteroatoms. The Kier molecular flexibility index (Phi) is 5.10. The molecule has 1 aromatic carbocycles. The lowest BCUT2D eigenvalue weighted by Gasteiger charge is -2.24. The molecule has 1 N–H and O–H groups in total.